The van der Waals surface area contributed by atoms with Crippen LogP contribution in [-0.2, 0) is 4.79 Å². The fraction of sp³-hybridized carbons (Fsp3) is 0.938. The van der Waals surface area contributed by atoms with E-state index in [0.717, 1.165) is 25.9 Å². The molecule has 0 saturated carbocycles. The maximum atomic E-state index is 12.0. The summed E-state index contributed by atoms with van der Waals surface area (Å²) in [5, 5.41) is 0. The molecule has 1 amide bonds. The van der Waals surface area contributed by atoms with Gasteiger partial charge < -0.3 is 4.90 Å². The number of rotatable bonds is 3. The minimum atomic E-state index is 0.140. The third-order valence-corrected chi connectivity index (χ3v) is 4.87. The Hall–Kier alpha value is -0.610. The number of carbonyl (C=O) groups is 1. The van der Waals surface area contributed by atoms with E-state index in [0.29, 0.717) is 18.0 Å². The smallest absolute Gasteiger partial charge is 0.225 e. The van der Waals surface area contributed by atoms with Crippen LogP contribution in [0, 0.1) is 5.92 Å². The van der Waals surface area contributed by atoms with Gasteiger partial charge in [0, 0.05) is 57.3 Å². The first-order valence-electron chi connectivity index (χ1n) is 8.26. The van der Waals surface area contributed by atoms with Crippen LogP contribution in [0.4, 0.5) is 0 Å². The van der Waals surface area contributed by atoms with Crippen LogP contribution in [-0.4, -0.2) is 72.0 Å². The number of piperidine rings is 1. The molecule has 0 aromatic heterocycles. The van der Waals surface area contributed by atoms with Gasteiger partial charge in [-0.05, 0) is 26.7 Å². The van der Waals surface area contributed by atoms with E-state index in [1.807, 2.05) is 13.8 Å². The standard InChI is InChI=1S/C16H31N3O/c1-13(2)16(20)19-7-5-15(6-8-19)18-11-9-17(10-12-18)14(3)4/h13-15H,5-12H2,1-4H3. The lowest BCUT2D eigenvalue weighted by Gasteiger charge is -2.44. The quantitative estimate of drug-likeness (QED) is 0.787. The Bertz CT molecular complexity index is 314. The monoisotopic (exact) mass is 281 g/mol. The van der Waals surface area contributed by atoms with Gasteiger partial charge in [-0.1, -0.05) is 13.8 Å². The number of piperazine rings is 1. The predicted octanol–water partition coefficient (Wildman–Crippen LogP) is 1.66. The normalized spacial score (nSPS) is 23.8. The highest BCUT2D eigenvalue weighted by atomic mass is 16.2. The Labute approximate surface area is 124 Å². The SMILES string of the molecule is CC(C)C(=O)N1CCC(N2CCN(C(C)C)CC2)CC1. The lowest BCUT2D eigenvalue weighted by atomic mass is 10.0. The molecular formula is C16H31N3O. The number of hydrogen-bond acceptors (Lipinski definition) is 3. The summed E-state index contributed by atoms with van der Waals surface area (Å²) in [7, 11) is 0. The zero-order valence-corrected chi connectivity index (χ0v) is 13.6. The summed E-state index contributed by atoms with van der Waals surface area (Å²) in [5.41, 5.74) is 0. The van der Waals surface area contributed by atoms with Crippen molar-refractivity contribution in [1.82, 2.24) is 14.7 Å². The minimum absolute atomic E-state index is 0.140. The van der Waals surface area contributed by atoms with Crippen molar-refractivity contribution >= 4 is 5.91 Å². The fourth-order valence-corrected chi connectivity index (χ4v) is 3.44. The molecule has 0 aromatic rings. The van der Waals surface area contributed by atoms with Crippen molar-refractivity contribution in [3.05, 3.63) is 0 Å². The maximum absolute atomic E-state index is 12.0. The Morgan fingerprint density at radius 1 is 0.900 bits per heavy atom. The van der Waals surface area contributed by atoms with Crippen molar-refractivity contribution in [2.45, 2.75) is 52.6 Å². The molecule has 0 N–H and O–H groups in total. The molecule has 4 heteroatoms. The van der Waals surface area contributed by atoms with Crippen molar-refractivity contribution in [1.29, 1.82) is 0 Å². The highest BCUT2D eigenvalue weighted by molar-refractivity contribution is 5.78. The summed E-state index contributed by atoms with van der Waals surface area (Å²) in [5.74, 6) is 0.467. The first kappa shape index (κ1) is 15.8. The Morgan fingerprint density at radius 3 is 1.90 bits per heavy atom. The summed E-state index contributed by atoms with van der Waals surface area (Å²) in [6, 6.07) is 1.36. The molecular weight excluding hydrogens is 250 g/mol. The summed E-state index contributed by atoms with van der Waals surface area (Å²) in [6.45, 7) is 15.3. The van der Waals surface area contributed by atoms with E-state index < -0.39 is 0 Å². The van der Waals surface area contributed by atoms with Gasteiger partial charge >= 0.3 is 0 Å². The van der Waals surface area contributed by atoms with E-state index in [1.165, 1.54) is 26.2 Å². The van der Waals surface area contributed by atoms with Crippen LogP contribution in [0.2, 0.25) is 0 Å². The highest BCUT2D eigenvalue weighted by Crippen LogP contribution is 2.20. The van der Waals surface area contributed by atoms with Gasteiger partial charge in [0.2, 0.25) is 5.91 Å². The molecule has 2 heterocycles. The Kier molecular flexibility index (Phi) is 5.44. The molecule has 20 heavy (non-hydrogen) atoms. The lowest BCUT2D eigenvalue weighted by Crippen LogP contribution is -2.55. The van der Waals surface area contributed by atoms with E-state index >= 15 is 0 Å². The Balaban J connectivity index is 1.76. The van der Waals surface area contributed by atoms with Gasteiger partial charge in [0.25, 0.3) is 0 Å². The molecule has 116 valence electrons. The van der Waals surface area contributed by atoms with E-state index in [9.17, 15) is 4.79 Å². The van der Waals surface area contributed by atoms with Gasteiger partial charge in [-0.15, -0.1) is 0 Å². The van der Waals surface area contributed by atoms with Crippen LogP contribution >= 0.6 is 0 Å². The van der Waals surface area contributed by atoms with Crippen LogP contribution in [0.3, 0.4) is 0 Å². The van der Waals surface area contributed by atoms with Crippen molar-refractivity contribution < 1.29 is 4.79 Å². The average Bonchev–Trinajstić information content (AvgIpc) is 2.46. The second kappa shape index (κ2) is 6.90. The van der Waals surface area contributed by atoms with Crippen LogP contribution in [0.25, 0.3) is 0 Å². The lowest BCUT2D eigenvalue weighted by molar-refractivity contribution is -0.136. The summed E-state index contributed by atoms with van der Waals surface area (Å²) < 4.78 is 0. The molecule has 0 bridgehead atoms. The maximum Gasteiger partial charge on any atom is 0.225 e. The number of hydrogen-bond donors (Lipinski definition) is 0. The van der Waals surface area contributed by atoms with E-state index in [4.69, 9.17) is 0 Å². The van der Waals surface area contributed by atoms with Crippen LogP contribution in [0.1, 0.15) is 40.5 Å². The van der Waals surface area contributed by atoms with Gasteiger partial charge in [-0.25, -0.2) is 0 Å². The van der Waals surface area contributed by atoms with Gasteiger partial charge in [-0.3, -0.25) is 14.6 Å². The van der Waals surface area contributed by atoms with Crippen LogP contribution < -0.4 is 0 Å². The second-order valence-corrected chi connectivity index (χ2v) is 6.88. The highest BCUT2D eigenvalue weighted by Gasteiger charge is 2.29. The van der Waals surface area contributed by atoms with E-state index in [2.05, 4.69) is 28.5 Å². The van der Waals surface area contributed by atoms with E-state index in [1.54, 1.807) is 0 Å². The molecule has 0 atom stereocenters. The molecule has 0 radical (unpaired) electrons. The van der Waals surface area contributed by atoms with Gasteiger partial charge in [-0.2, -0.15) is 0 Å². The zero-order chi connectivity index (χ0) is 14.7. The van der Waals surface area contributed by atoms with Crippen molar-refractivity contribution in [2.75, 3.05) is 39.3 Å². The molecule has 2 aliphatic rings. The summed E-state index contributed by atoms with van der Waals surface area (Å²) in [6.07, 6.45) is 2.31. The van der Waals surface area contributed by atoms with Crippen molar-refractivity contribution in [3.8, 4) is 0 Å². The molecule has 4 nitrogen and oxygen atoms in total. The number of amides is 1. The molecule has 2 fully saturated rings. The molecule has 0 spiro atoms. The minimum Gasteiger partial charge on any atom is -0.342 e. The number of nitrogens with zero attached hydrogens (tertiary/aromatic N) is 3. The van der Waals surface area contributed by atoms with Crippen molar-refractivity contribution in [3.63, 3.8) is 0 Å². The average molecular weight is 281 g/mol. The van der Waals surface area contributed by atoms with E-state index in [-0.39, 0.29) is 5.92 Å². The predicted molar refractivity (Wildman–Crippen MR) is 82.7 cm³/mol. The molecule has 0 unspecified atom stereocenters. The second-order valence-electron chi connectivity index (χ2n) is 6.88. The third-order valence-electron chi connectivity index (χ3n) is 4.87. The van der Waals surface area contributed by atoms with Gasteiger partial charge in [0.05, 0.1) is 0 Å². The zero-order valence-electron chi connectivity index (χ0n) is 13.6. The molecule has 2 saturated heterocycles. The number of carbonyl (C=O) groups excluding carboxylic acids is 1. The Morgan fingerprint density at radius 2 is 1.45 bits per heavy atom. The van der Waals surface area contributed by atoms with Gasteiger partial charge in [0.1, 0.15) is 0 Å². The first-order chi connectivity index (χ1) is 9.49. The number of likely N-dealkylation sites (tertiary alicyclic amines) is 1. The topological polar surface area (TPSA) is 26.8 Å². The largest absolute Gasteiger partial charge is 0.342 e. The molecule has 0 aromatic carbocycles. The van der Waals surface area contributed by atoms with Crippen molar-refractivity contribution in [2.24, 2.45) is 5.92 Å². The molecule has 2 aliphatic heterocycles. The third kappa shape index (κ3) is 3.73. The summed E-state index contributed by atoms with van der Waals surface area (Å²) in [4.78, 5) is 19.3. The first-order valence-corrected chi connectivity index (χ1v) is 8.26. The molecule has 0 aliphatic carbocycles. The van der Waals surface area contributed by atoms with Crippen LogP contribution in [0.15, 0.2) is 0 Å². The fourth-order valence-electron chi connectivity index (χ4n) is 3.44. The van der Waals surface area contributed by atoms with Crippen LogP contribution in [0.5, 0.6) is 0 Å². The van der Waals surface area contributed by atoms with Gasteiger partial charge in [0.15, 0.2) is 0 Å². The molecule has 2 rings (SSSR count). The summed E-state index contributed by atoms with van der Waals surface area (Å²) >= 11 is 0.